The molecule has 2 unspecified atom stereocenters. The number of benzene rings is 1. The molecule has 1 saturated carbocycles. The van der Waals surface area contributed by atoms with Crippen molar-refractivity contribution in [1.82, 2.24) is 4.98 Å². The van der Waals surface area contributed by atoms with E-state index in [1.54, 1.807) is 18.3 Å². The van der Waals surface area contributed by atoms with Crippen LogP contribution in [0.5, 0.6) is 0 Å². The van der Waals surface area contributed by atoms with E-state index in [4.69, 9.17) is 11.6 Å². The van der Waals surface area contributed by atoms with Gasteiger partial charge < -0.3 is 5.32 Å². The van der Waals surface area contributed by atoms with Gasteiger partial charge in [0, 0.05) is 11.9 Å². The fourth-order valence-corrected chi connectivity index (χ4v) is 2.96. The smallest absolute Gasteiger partial charge is 0.258 e. The van der Waals surface area contributed by atoms with Gasteiger partial charge in [-0.15, -0.1) is 0 Å². The number of rotatable bonds is 4. The molecule has 1 N–H and O–H groups in total. The Morgan fingerprint density at radius 2 is 2.14 bits per heavy atom. The molecule has 0 bridgehead atoms. The average Bonchev–Trinajstić information content (AvgIpc) is 3.27. The standard InChI is InChI=1S/C17H17ClN2O/c1-2-11-10-14(11)12-6-3-4-8-15(12)20-17(21)13-7-5-9-19-16(13)18/h3-9,11,14H,2,10H2,1H3,(H,20,21). The van der Waals surface area contributed by atoms with Crippen LogP contribution in [0.15, 0.2) is 42.6 Å². The van der Waals surface area contributed by atoms with Crippen LogP contribution in [0.4, 0.5) is 5.69 Å². The lowest BCUT2D eigenvalue weighted by Gasteiger charge is -2.11. The molecule has 1 aromatic heterocycles. The Morgan fingerprint density at radius 1 is 1.33 bits per heavy atom. The highest BCUT2D eigenvalue weighted by Gasteiger charge is 2.37. The van der Waals surface area contributed by atoms with Crippen LogP contribution in [0.2, 0.25) is 5.15 Å². The summed E-state index contributed by atoms with van der Waals surface area (Å²) in [5.74, 6) is 1.09. The molecule has 1 aromatic carbocycles. The first-order valence-corrected chi connectivity index (χ1v) is 7.59. The van der Waals surface area contributed by atoms with E-state index in [1.807, 2.05) is 18.2 Å². The summed E-state index contributed by atoms with van der Waals surface area (Å²) in [6, 6.07) is 11.4. The molecular formula is C17H17ClN2O. The van der Waals surface area contributed by atoms with Gasteiger partial charge in [0.1, 0.15) is 5.15 Å². The number of hydrogen-bond acceptors (Lipinski definition) is 2. The highest BCUT2D eigenvalue weighted by molar-refractivity contribution is 6.33. The third kappa shape index (κ3) is 2.93. The minimum Gasteiger partial charge on any atom is -0.322 e. The summed E-state index contributed by atoms with van der Waals surface area (Å²) < 4.78 is 0. The zero-order valence-corrected chi connectivity index (χ0v) is 12.6. The summed E-state index contributed by atoms with van der Waals surface area (Å²) in [6.45, 7) is 2.21. The van der Waals surface area contributed by atoms with Crippen molar-refractivity contribution < 1.29 is 4.79 Å². The number of carbonyl (C=O) groups is 1. The van der Waals surface area contributed by atoms with E-state index in [1.165, 1.54) is 18.4 Å². The summed E-state index contributed by atoms with van der Waals surface area (Å²) >= 11 is 5.97. The molecule has 21 heavy (non-hydrogen) atoms. The normalized spacial score (nSPS) is 20.1. The predicted octanol–water partition coefficient (Wildman–Crippen LogP) is 4.50. The lowest BCUT2D eigenvalue weighted by Crippen LogP contribution is -2.14. The van der Waals surface area contributed by atoms with E-state index < -0.39 is 0 Å². The van der Waals surface area contributed by atoms with Crippen LogP contribution in [-0.2, 0) is 0 Å². The number of nitrogens with one attached hydrogen (secondary N) is 1. The van der Waals surface area contributed by atoms with Gasteiger partial charge in [-0.1, -0.05) is 43.1 Å². The van der Waals surface area contributed by atoms with E-state index in [2.05, 4.69) is 23.3 Å². The zero-order valence-electron chi connectivity index (χ0n) is 11.8. The van der Waals surface area contributed by atoms with Crippen LogP contribution in [0.1, 0.15) is 41.6 Å². The molecule has 4 heteroatoms. The Morgan fingerprint density at radius 3 is 2.86 bits per heavy atom. The van der Waals surface area contributed by atoms with Crippen molar-refractivity contribution in [3.8, 4) is 0 Å². The Kier molecular flexibility index (Phi) is 3.93. The molecule has 0 saturated heterocycles. The summed E-state index contributed by atoms with van der Waals surface area (Å²) in [5, 5.41) is 3.20. The molecule has 0 spiro atoms. The topological polar surface area (TPSA) is 42.0 Å². The number of para-hydroxylation sites is 1. The van der Waals surface area contributed by atoms with Crippen molar-refractivity contribution in [2.75, 3.05) is 5.32 Å². The minimum absolute atomic E-state index is 0.214. The number of hydrogen-bond donors (Lipinski definition) is 1. The lowest BCUT2D eigenvalue weighted by molar-refractivity contribution is 0.102. The first kappa shape index (κ1) is 14.1. The van der Waals surface area contributed by atoms with Gasteiger partial charge in [0.2, 0.25) is 0 Å². The van der Waals surface area contributed by atoms with Gasteiger partial charge in [-0.05, 0) is 42.0 Å². The van der Waals surface area contributed by atoms with Crippen LogP contribution >= 0.6 is 11.6 Å². The Balaban J connectivity index is 1.83. The maximum atomic E-state index is 12.3. The van der Waals surface area contributed by atoms with E-state index in [0.29, 0.717) is 11.5 Å². The minimum atomic E-state index is -0.214. The number of halogens is 1. The van der Waals surface area contributed by atoms with Gasteiger partial charge in [-0.2, -0.15) is 0 Å². The molecular weight excluding hydrogens is 284 g/mol. The van der Waals surface area contributed by atoms with Crippen molar-refractivity contribution in [2.45, 2.75) is 25.7 Å². The molecule has 1 amide bonds. The van der Waals surface area contributed by atoms with Crippen LogP contribution in [0.3, 0.4) is 0 Å². The molecule has 2 atom stereocenters. The fourth-order valence-electron chi connectivity index (χ4n) is 2.76. The van der Waals surface area contributed by atoms with Crippen molar-refractivity contribution >= 4 is 23.2 Å². The molecule has 0 radical (unpaired) electrons. The quantitative estimate of drug-likeness (QED) is 0.845. The molecule has 108 valence electrons. The van der Waals surface area contributed by atoms with Gasteiger partial charge in [-0.3, -0.25) is 4.79 Å². The Labute approximate surface area is 129 Å². The summed E-state index contributed by atoms with van der Waals surface area (Å²) in [4.78, 5) is 16.3. The zero-order chi connectivity index (χ0) is 14.8. The predicted molar refractivity (Wildman–Crippen MR) is 84.8 cm³/mol. The van der Waals surface area contributed by atoms with E-state index in [-0.39, 0.29) is 11.1 Å². The number of aromatic nitrogens is 1. The highest BCUT2D eigenvalue weighted by Crippen LogP contribution is 2.51. The molecule has 2 aromatic rings. The van der Waals surface area contributed by atoms with E-state index in [0.717, 1.165) is 11.6 Å². The third-order valence-corrected chi connectivity index (χ3v) is 4.36. The van der Waals surface area contributed by atoms with E-state index in [9.17, 15) is 4.79 Å². The molecule has 1 heterocycles. The van der Waals surface area contributed by atoms with Gasteiger partial charge in [0.25, 0.3) is 5.91 Å². The largest absolute Gasteiger partial charge is 0.322 e. The SMILES string of the molecule is CCC1CC1c1ccccc1NC(=O)c1cccnc1Cl. The second-order valence-corrected chi connectivity index (χ2v) is 5.75. The monoisotopic (exact) mass is 300 g/mol. The highest BCUT2D eigenvalue weighted by atomic mass is 35.5. The first-order valence-electron chi connectivity index (χ1n) is 7.21. The van der Waals surface area contributed by atoms with Crippen molar-refractivity contribution in [2.24, 2.45) is 5.92 Å². The van der Waals surface area contributed by atoms with Crippen LogP contribution in [0, 0.1) is 5.92 Å². The fraction of sp³-hybridized carbons (Fsp3) is 0.294. The van der Waals surface area contributed by atoms with Crippen molar-refractivity contribution in [3.05, 3.63) is 58.9 Å². The number of carbonyl (C=O) groups excluding carboxylic acids is 1. The molecule has 1 aliphatic rings. The summed E-state index contributed by atoms with van der Waals surface area (Å²) in [7, 11) is 0. The number of pyridine rings is 1. The van der Waals surface area contributed by atoms with Crippen molar-refractivity contribution in [1.29, 1.82) is 0 Å². The van der Waals surface area contributed by atoms with Crippen LogP contribution in [-0.4, -0.2) is 10.9 Å². The lowest BCUT2D eigenvalue weighted by atomic mass is 10.1. The Bertz CT molecular complexity index is 671. The maximum absolute atomic E-state index is 12.3. The average molecular weight is 301 g/mol. The second-order valence-electron chi connectivity index (χ2n) is 5.39. The third-order valence-electron chi connectivity index (χ3n) is 4.06. The number of nitrogens with zero attached hydrogens (tertiary/aromatic N) is 1. The Hall–Kier alpha value is -1.87. The molecule has 3 rings (SSSR count). The van der Waals surface area contributed by atoms with E-state index >= 15 is 0 Å². The molecule has 1 aliphatic carbocycles. The number of amides is 1. The van der Waals surface area contributed by atoms with Gasteiger partial charge >= 0.3 is 0 Å². The molecule has 1 fully saturated rings. The summed E-state index contributed by atoms with van der Waals surface area (Å²) in [5.41, 5.74) is 2.50. The first-order chi connectivity index (χ1) is 10.2. The summed E-state index contributed by atoms with van der Waals surface area (Å²) in [6.07, 6.45) is 3.96. The van der Waals surface area contributed by atoms with Crippen molar-refractivity contribution in [3.63, 3.8) is 0 Å². The molecule has 3 nitrogen and oxygen atoms in total. The van der Waals surface area contributed by atoms with Gasteiger partial charge in [0.15, 0.2) is 0 Å². The van der Waals surface area contributed by atoms with Gasteiger partial charge in [0.05, 0.1) is 5.56 Å². The van der Waals surface area contributed by atoms with Gasteiger partial charge in [-0.25, -0.2) is 4.98 Å². The van der Waals surface area contributed by atoms with Crippen LogP contribution < -0.4 is 5.32 Å². The maximum Gasteiger partial charge on any atom is 0.258 e. The van der Waals surface area contributed by atoms with Crippen LogP contribution in [0.25, 0.3) is 0 Å². The number of anilines is 1. The second kappa shape index (κ2) is 5.86. The molecule has 0 aliphatic heterocycles.